The molecular formula is C15H28N2. The van der Waals surface area contributed by atoms with E-state index in [-0.39, 0.29) is 5.41 Å². The van der Waals surface area contributed by atoms with E-state index in [4.69, 9.17) is 0 Å². The summed E-state index contributed by atoms with van der Waals surface area (Å²) in [5.41, 5.74) is 0.184. The van der Waals surface area contributed by atoms with Gasteiger partial charge in [-0.05, 0) is 24.9 Å². The van der Waals surface area contributed by atoms with Crippen LogP contribution in [0.4, 0.5) is 0 Å². The van der Waals surface area contributed by atoms with Crippen LogP contribution in [0.2, 0.25) is 0 Å². The van der Waals surface area contributed by atoms with Crippen molar-refractivity contribution in [1.29, 1.82) is 0 Å². The van der Waals surface area contributed by atoms with Crippen LogP contribution in [0.5, 0.6) is 0 Å². The number of hydrogen-bond acceptors (Lipinski definition) is 2. The van der Waals surface area contributed by atoms with E-state index in [9.17, 15) is 0 Å². The van der Waals surface area contributed by atoms with Gasteiger partial charge in [0.2, 0.25) is 0 Å². The summed E-state index contributed by atoms with van der Waals surface area (Å²) in [5.74, 6) is 1.43. The van der Waals surface area contributed by atoms with Gasteiger partial charge >= 0.3 is 0 Å². The third kappa shape index (κ3) is 5.51. The van der Waals surface area contributed by atoms with E-state index in [1.807, 2.05) is 0 Å². The monoisotopic (exact) mass is 236 g/mol. The molecule has 0 radical (unpaired) electrons. The Morgan fingerprint density at radius 1 is 0.824 bits per heavy atom. The van der Waals surface area contributed by atoms with Crippen LogP contribution in [-0.4, -0.2) is 26.2 Å². The van der Waals surface area contributed by atoms with Crippen molar-refractivity contribution in [3.8, 4) is 0 Å². The van der Waals surface area contributed by atoms with Crippen LogP contribution in [0, 0.1) is 17.3 Å². The van der Waals surface area contributed by atoms with E-state index in [1.165, 1.54) is 0 Å². The van der Waals surface area contributed by atoms with Crippen LogP contribution in [0.3, 0.4) is 0 Å². The summed E-state index contributed by atoms with van der Waals surface area (Å²) in [4.78, 5) is 0. The van der Waals surface area contributed by atoms with E-state index in [1.54, 1.807) is 0 Å². The van der Waals surface area contributed by atoms with Gasteiger partial charge in [-0.15, -0.1) is 0 Å². The maximum Gasteiger partial charge on any atom is 0.0317 e. The zero-order valence-corrected chi connectivity index (χ0v) is 11.8. The third-order valence-corrected chi connectivity index (χ3v) is 2.98. The molecule has 98 valence electrons. The van der Waals surface area contributed by atoms with Crippen molar-refractivity contribution in [3.63, 3.8) is 0 Å². The molecule has 0 aromatic rings. The van der Waals surface area contributed by atoms with Gasteiger partial charge in [0.15, 0.2) is 0 Å². The Labute approximate surface area is 107 Å². The molecule has 1 aliphatic carbocycles. The van der Waals surface area contributed by atoms with Crippen molar-refractivity contribution in [2.45, 2.75) is 27.7 Å². The van der Waals surface area contributed by atoms with Crippen LogP contribution in [-0.2, 0) is 0 Å². The molecule has 0 aromatic heterocycles. The van der Waals surface area contributed by atoms with E-state index in [2.05, 4.69) is 62.6 Å². The van der Waals surface area contributed by atoms with Crippen molar-refractivity contribution >= 4 is 0 Å². The molecule has 17 heavy (non-hydrogen) atoms. The highest BCUT2D eigenvalue weighted by atomic mass is 14.9. The number of rotatable bonds is 8. The lowest BCUT2D eigenvalue weighted by Gasteiger charge is -2.27. The molecule has 0 saturated heterocycles. The van der Waals surface area contributed by atoms with E-state index < -0.39 is 0 Å². The number of allylic oxidation sites excluding steroid dienone is 2. The molecule has 0 aliphatic heterocycles. The highest BCUT2D eigenvalue weighted by molar-refractivity contribution is 5.26. The molecule has 0 amide bonds. The van der Waals surface area contributed by atoms with Crippen molar-refractivity contribution in [2.75, 3.05) is 26.2 Å². The van der Waals surface area contributed by atoms with Crippen molar-refractivity contribution in [1.82, 2.24) is 10.6 Å². The Bertz CT molecular complexity index is 236. The molecule has 1 rings (SSSR count). The Balaban J connectivity index is 2.35. The maximum atomic E-state index is 3.56. The Morgan fingerprint density at radius 3 is 1.59 bits per heavy atom. The number of nitrogens with one attached hydrogen (secondary N) is 2. The van der Waals surface area contributed by atoms with E-state index >= 15 is 0 Å². The first kappa shape index (κ1) is 14.5. The molecule has 0 fully saturated rings. The minimum atomic E-state index is 0.184. The summed E-state index contributed by atoms with van der Waals surface area (Å²) in [6, 6.07) is 0. The molecule has 2 heteroatoms. The summed E-state index contributed by atoms with van der Waals surface area (Å²) in [7, 11) is 0. The van der Waals surface area contributed by atoms with Gasteiger partial charge in [0.25, 0.3) is 0 Å². The van der Waals surface area contributed by atoms with Crippen molar-refractivity contribution in [2.24, 2.45) is 17.3 Å². The second kappa shape index (κ2) is 6.97. The van der Waals surface area contributed by atoms with Crippen LogP contribution in [0.25, 0.3) is 0 Å². The van der Waals surface area contributed by atoms with Crippen molar-refractivity contribution < 1.29 is 0 Å². The average Bonchev–Trinajstić information content (AvgIpc) is 2.66. The summed E-state index contributed by atoms with van der Waals surface area (Å²) in [5, 5.41) is 7.13. The summed E-state index contributed by atoms with van der Waals surface area (Å²) in [6.45, 7) is 13.2. The standard InChI is InChI=1S/C15H28N2/c1-13(2)9-16-11-15(7-5-6-8-15)12-17-10-14(3)4/h5-8,13-14,16-17H,9-12H2,1-4H3. The molecule has 0 bridgehead atoms. The van der Waals surface area contributed by atoms with E-state index in [0.717, 1.165) is 26.2 Å². The molecule has 2 nitrogen and oxygen atoms in total. The molecule has 0 atom stereocenters. The van der Waals surface area contributed by atoms with Crippen LogP contribution < -0.4 is 10.6 Å². The molecule has 1 aliphatic rings. The minimum absolute atomic E-state index is 0.184. The number of hydrogen-bond donors (Lipinski definition) is 2. The van der Waals surface area contributed by atoms with Crippen LogP contribution >= 0.6 is 0 Å². The summed E-state index contributed by atoms with van der Waals surface area (Å²) < 4.78 is 0. The SMILES string of the molecule is CC(C)CNCC1(CNCC(C)C)C=CC=C1. The van der Waals surface area contributed by atoms with Gasteiger partial charge in [-0.3, -0.25) is 0 Å². The highest BCUT2D eigenvalue weighted by Crippen LogP contribution is 2.24. The maximum absolute atomic E-state index is 3.56. The van der Waals surface area contributed by atoms with Crippen molar-refractivity contribution in [3.05, 3.63) is 24.3 Å². The highest BCUT2D eigenvalue weighted by Gasteiger charge is 2.25. The Hall–Kier alpha value is -0.600. The molecule has 0 unspecified atom stereocenters. The van der Waals surface area contributed by atoms with Gasteiger partial charge in [0.1, 0.15) is 0 Å². The smallest absolute Gasteiger partial charge is 0.0317 e. The average molecular weight is 236 g/mol. The summed E-state index contributed by atoms with van der Waals surface area (Å²) in [6.07, 6.45) is 8.95. The van der Waals surface area contributed by atoms with Gasteiger partial charge in [0.05, 0.1) is 0 Å². The molecule has 2 N–H and O–H groups in total. The van der Waals surface area contributed by atoms with Crippen LogP contribution in [0.15, 0.2) is 24.3 Å². The predicted molar refractivity (Wildman–Crippen MR) is 76.1 cm³/mol. The first-order valence-electron chi connectivity index (χ1n) is 6.82. The lowest BCUT2D eigenvalue weighted by molar-refractivity contribution is 0.390. The fourth-order valence-electron chi connectivity index (χ4n) is 2.04. The van der Waals surface area contributed by atoms with Gasteiger partial charge in [0, 0.05) is 18.5 Å². The van der Waals surface area contributed by atoms with Crippen LogP contribution in [0.1, 0.15) is 27.7 Å². The molecule has 0 saturated carbocycles. The predicted octanol–water partition coefficient (Wildman–Crippen LogP) is 2.59. The topological polar surface area (TPSA) is 24.1 Å². The normalized spacial score (nSPS) is 17.5. The third-order valence-electron chi connectivity index (χ3n) is 2.98. The first-order chi connectivity index (χ1) is 8.04. The first-order valence-corrected chi connectivity index (χ1v) is 6.82. The molecule has 0 aromatic carbocycles. The van der Waals surface area contributed by atoms with E-state index in [0.29, 0.717) is 11.8 Å². The lowest BCUT2D eigenvalue weighted by atomic mass is 9.89. The Kier molecular flexibility index (Phi) is 5.93. The van der Waals surface area contributed by atoms with Gasteiger partial charge in [-0.1, -0.05) is 52.0 Å². The zero-order valence-electron chi connectivity index (χ0n) is 11.8. The fraction of sp³-hybridized carbons (Fsp3) is 0.733. The minimum Gasteiger partial charge on any atom is -0.315 e. The Morgan fingerprint density at radius 2 is 1.24 bits per heavy atom. The summed E-state index contributed by atoms with van der Waals surface area (Å²) >= 11 is 0. The zero-order chi connectivity index (χ0) is 12.7. The fourth-order valence-corrected chi connectivity index (χ4v) is 2.04. The lowest BCUT2D eigenvalue weighted by Crippen LogP contribution is -2.41. The van der Waals surface area contributed by atoms with Gasteiger partial charge in [-0.2, -0.15) is 0 Å². The molecule has 0 heterocycles. The second-order valence-electron chi connectivity index (χ2n) is 6.00. The van der Waals surface area contributed by atoms with Gasteiger partial charge in [-0.25, -0.2) is 0 Å². The quantitative estimate of drug-likeness (QED) is 0.677. The second-order valence-corrected chi connectivity index (χ2v) is 6.00. The molecular weight excluding hydrogens is 208 g/mol. The molecule has 0 spiro atoms. The largest absolute Gasteiger partial charge is 0.315 e. The van der Waals surface area contributed by atoms with Gasteiger partial charge < -0.3 is 10.6 Å².